The minimum absolute atomic E-state index is 0.137. The highest BCUT2D eigenvalue weighted by Gasteiger charge is 2.47. The number of nitrogens with two attached hydrogens (primary N) is 1. The molecule has 0 atom stereocenters. The van der Waals surface area contributed by atoms with Crippen molar-refractivity contribution in [3.8, 4) is 0 Å². The molecule has 0 fully saturated rings. The van der Waals surface area contributed by atoms with E-state index in [2.05, 4.69) is 9.97 Å². The summed E-state index contributed by atoms with van der Waals surface area (Å²) in [5.74, 6) is -3.07. The Hall–Kier alpha value is -1.69. The summed E-state index contributed by atoms with van der Waals surface area (Å²) in [7, 11) is 0. The smallest absolute Gasteiger partial charge is 0.323 e. The lowest BCUT2D eigenvalue weighted by Crippen LogP contribution is -2.40. The molecule has 6 heteroatoms. The van der Waals surface area contributed by atoms with E-state index in [4.69, 9.17) is 5.73 Å². The van der Waals surface area contributed by atoms with Crippen molar-refractivity contribution < 1.29 is 8.78 Å². The molecule has 0 amide bonds. The molecule has 0 bridgehead atoms. The first-order chi connectivity index (χ1) is 8.28. The van der Waals surface area contributed by atoms with Crippen LogP contribution in [0.5, 0.6) is 0 Å². The van der Waals surface area contributed by atoms with Gasteiger partial charge in [0.1, 0.15) is 0 Å². The minimum atomic E-state index is -3.07. The second-order valence-electron chi connectivity index (χ2n) is 5.00. The van der Waals surface area contributed by atoms with E-state index in [9.17, 15) is 13.6 Å². The first kappa shape index (κ1) is 12.8. The maximum Gasteiger partial charge on any atom is 0.323 e. The number of H-pyrrole nitrogens is 2. The van der Waals surface area contributed by atoms with Crippen molar-refractivity contribution in [2.45, 2.75) is 19.8 Å². The predicted molar refractivity (Wildman–Crippen MR) is 65.6 cm³/mol. The monoisotopic (exact) mass is 255 g/mol. The molecule has 0 aliphatic carbocycles. The molecule has 4 N–H and O–H groups in total. The molecule has 0 saturated heterocycles. The van der Waals surface area contributed by atoms with Crippen molar-refractivity contribution in [2.24, 2.45) is 11.1 Å². The highest BCUT2D eigenvalue weighted by molar-refractivity contribution is 5.75. The molecule has 2 aromatic rings. The van der Waals surface area contributed by atoms with Crippen LogP contribution in [-0.2, 0) is 5.92 Å². The standard InChI is InChI=1S/C12H15F2N3O/c1-11(2,6-15)12(13,14)7-3-4-8-9(5-7)17-10(18)16-8/h3-5H,6,15H2,1-2H3,(H2,16,17,18). The SMILES string of the molecule is CC(C)(CN)C(F)(F)c1ccc2[nH]c(=O)[nH]c2c1. The molecule has 0 saturated carbocycles. The number of halogens is 2. The van der Waals surface area contributed by atoms with Gasteiger partial charge in [-0.3, -0.25) is 0 Å². The Balaban J connectivity index is 2.57. The highest BCUT2D eigenvalue weighted by Crippen LogP contribution is 2.44. The number of imidazole rings is 1. The third kappa shape index (κ3) is 1.82. The lowest BCUT2D eigenvalue weighted by atomic mass is 9.81. The van der Waals surface area contributed by atoms with Crippen LogP contribution in [0, 0.1) is 5.41 Å². The number of hydrogen-bond donors (Lipinski definition) is 3. The van der Waals surface area contributed by atoms with Crippen molar-refractivity contribution in [3.63, 3.8) is 0 Å². The van der Waals surface area contributed by atoms with Gasteiger partial charge in [0.15, 0.2) is 0 Å². The number of aromatic nitrogens is 2. The second-order valence-corrected chi connectivity index (χ2v) is 5.00. The van der Waals surface area contributed by atoms with E-state index in [0.29, 0.717) is 11.0 Å². The summed E-state index contributed by atoms with van der Waals surface area (Å²) in [6, 6.07) is 4.05. The Morgan fingerprint density at radius 1 is 1.22 bits per heavy atom. The van der Waals surface area contributed by atoms with Crippen LogP contribution in [0.25, 0.3) is 11.0 Å². The van der Waals surface area contributed by atoms with Gasteiger partial charge < -0.3 is 15.7 Å². The van der Waals surface area contributed by atoms with Crippen LogP contribution in [0.3, 0.4) is 0 Å². The summed E-state index contributed by atoms with van der Waals surface area (Å²) in [6.45, 7) is 2.69. The van der Waals surface area contributed by atoms with Crippen LogP contribution >= 0.6 is 0 Å². The molecular formula is C12H15F2N3O. The van der Waals surface area contributed by atoms with Crippen molar-refractivity contribution >= 4 is 11.0 Å². The quantitative estimate of drug-likeness (QED) is 0.784. The predicted octanol–water partition coefficient (Wildman–Crippen LogP) is 1.93. The molecule has 0 unspecified atom stereocenters. The van der Waals surface area contributed by atoms with Gasteiger partial charge in [-0.25, -0.2) is 13.6 Å². The average molecular weight is 255 g/mol. The zero-order valence-corrected chi connectivity index (χ0v) is 10.2. The van der Waals surface area contributed by atoms with E-state index < -0.39 is 17.0 Å². The van der Waals surface area contributed by atoms with Gasteiger partial charge in [0.05, 0.1) is 11.0 Å². The molecule has 1 aromatic carbocycles. The summed E-state index contributed by atoms with van der Waals surface area (Å²) in [6.07, 6.45) is 0. The lowest BCUT2D eigenvalue weighted by molar-refractivity contribution is -0.108. The maximum atomic E-state index is 14.3. The molecule has 1 heterocycles. The number of benzene rings is 1. The third-order valence-electron chi connectivity index (χ3n) is 3.24. The van der Waals surface area contributed by atoms with Gasteiger partial charge >= 0.3 is 5.69 Å². The normalized spacial score (nSPS) is 13.2. The molecule has 18 heavy (non-hydrogen) atoms. The van der Waals surface area contributed by atoms with E-state index in [1.54, 1.807) is 0 Å². The summed E-state index contributed by atoms with van der Waals surface area (Å²) >= 11 is 0. The molecule has 4 nitrogen and oxygen atoms in total. The molecule has 0 radical (unpaired) electrons. The van der Waals surface area contributed by atoms with Crippen LogP contribution in [0.4, 0.5) is 8.78 Å². The molecule has 2 rings (SSSR count). The van der Waals surface area contributed by atoms with Crippen LogP contribution in [0.1, 0.15) is 19.4 Å². The number of hydrogen-bond acceptors (Lipinski definition) is 2. The highest BCUT2D eigenvalue weighted by atomic mass is 19.3. The van der Waals surface area contributed by atoms with Crippen molar-refractivity contribution in [2.75, 3.05) is 6.54 Å². The van der Waals surface area contributed by atoms with Crippen LogP contribution in [0.15, 0.2) is 23.0 Å². The van der Waals surface area contributed by atoms with Crippen LogP contribution in [-0.4, -0.2) is 16.5 Å². The van der Waals surface area contributed by atoms with Crippen molar-refractivity contribution in [1.29, 1.82) is 0 Å². The van der Waals surface area contributed by atoms with Crippen LogP contribution < -0.4 is 11.4 Å². The van der Waals surface area contributed by atoms with Crippen molar-refractivity contribution in [1.82, 2.24) is 9.97 Å². The fraction of sp³-hybridized carbons (Fsp3) is 0.417. The Bertz CT molecular complexity index is 628. The Kier molecular flexibility index (Phi) is 2.77. The first-order valence-electron chi connectivity index (χ1n) is 5.58. The molecule has 0 aliphatic heterocycles. The average Bonchev–Trinajstić information content (AvgIpc) is 2.67. The van der Waals surface area contributed by atoms with E-state index in [0.717, 1.165) is 0 Å². The molecule has 1 aromatic heterocycles. The Morgan fingerprint density at radius 3 is 2.44 bits per heavy atom. The lowest BCUT2D eigenvalue weighted by Gasteiger charge is -2.33. The number of nitrogens with one attached hydrogen (secondary N) is 2. The first-order valence-corrected chi connectivity index (χ1v) is 5.58. The minimum Gasteiger partial charge on any atom is -0.330 e. The van der Waals surface area contributed by atoms with E-state index in [1.807, 2.05) is 0 Å². The fourth-order valence-electron chi connectivity index (χ4n) is 1.75. The zero-order valence-electron chi connectivity index (χ0n) is 10.2. The number of fused-ring (bicyclic) bond motifs is 1. The zero-order chi connectivity index (χ0) is 13.6. The van der Waals surface area contributed by atoms with Crippen molar-refractivity contribution in [3.05, 3.63) is 34.2 Å². The summed E-state index contributed by atoms with van der Waals surface area (Å²) in [5, 5.41) is 0. The van der Waals surface area contributed by atoms with Gasteiger partial charge in [0, 0.05) is 17.5 Å². The number of alkyl halides is 2. The topological polar surface area (TPSA) is 74.7 Å². The van der Waals surface area contributed by atoms with Gasteiger partial charge in [0.25, 0.3) is 5.92 Å². The summed E-state index contributed by atoms with van der Waals surface area (Å²) in [4.78, 5) is 16.1. The van der Waals surface area contributed by atoms with Gasteiger partial charge in [-0.15, -0.1) is 0 Å². The van der Waals surface area contributed by atoms with E-state index in [1.165, 1.54) is 32.0 Å². The maximum absolute atomic E-state index is 14.3. The largest absolute Gasteiger partial charge is 0.330 e. The fourth-order valence-corrected chi connectivity index (χ4v) is 1.75. The molecule has 0 spiro atoms. The third-order valence-corrected chi connectivity index (χ3v) is 3.24. The number of aromatic amines is 2. The number of rotatable bonds is 3. The van der Waals surface area contributed by atoms with E-state index in [-0.39, 0.29) is 12.1 Å². The summed E-state index contributed by atoms with van der Waals surface area (Å²) < 4.78 is 28.6. The Labute approximate surface area is 102 Å². The second kappa shape index (κ2) is 3.91. The van der Waals surface area contributed by atoms with Gasteiger partial charge in [-0.2, -0.15) is 0 Å². The summed E-state index contributed by atoms with van der Waals surface area (Å²) in [5.41, 5.74) is 4.36. The van der Waals surface area contributed by atoms with Gasteiger partial charge in [-0.05, 0) is 12.1 Å². The van der Waals surface area contributed by atoms with Crippen LogP contribution in [0.2, 0.25) is 0 Å². The van der Waals surface area contributed by atoms with E-state index >= 15 is 0 Å². The Morgan fingerprint density at radius 2 is 1.83 bits per heavy atom. The molecular weight excluding hydrogens is 240 g/mol. The van der Waals surface area contributed by atoms with Gasteiger partial charge in [0.2, 0.25) is 0 Å². The molecule has 0 aliphatic rings. The molecule has 98 valence electrons. The van der Waals surface area contributed by atoms with Gasteiger partial charge in [-0.1, -0.05) is 19.9 Å².